The van der Waals surface area contributed by atoms with Crippen molar-refractivity contribution in [3.05, 3.63) is 28.6 Å². The van der Waals surface area contributed by atoms with E-state index in [4.69, 9.17) is 4.52 Å². The molecule has 0 amide bonds. The Morgan fingerprint density at radius 3 is 2.86 bits per heavy atom. The van der Waals surface area contributed by atoms with Crippen LogP contribution in [0, 0.1) is 6.92 Å². The van der Waals surface area contributed by atoms with Gasteiger partial charge in [0.25, 0.3) is 0 Å². The zero-order valence-corrected chi connectivity index (χ0v) is 13.7. The summed E-state index contributed by atoms with van der Waals surface area (Å²) in [7, 11) is -3.54. The highest BCUT2D eigenvalue weighted by Gasteiger charge is 2.17. The van der Waals surface area contributed by atoms with Crippen molar-refractivity contribution in [1.29, 1.82) is 0 Å². The zero-order chi connectivity index (χ0) is 15.5. The summed E-state index contributed by atoms with van der Waals surface area (Å²) in [5.74, 6) is 0.346. The predicted octanol–water partition coefficient (Wildman–Crippen LogP) is 2.05. The molecule has 0 spiro atoms. The van der Waals surface area contributed by atoms with E-state index >= 15 is 0 Å². The maximum absolute atomic E-state index is 12.0. The molecule has 2 rings (SSSR count). The van der Waals surface area contributed by atoms with Crippen molar-refractivity contribution in [2.24, 2.45) is 0 Å². The minimum Gasteiger partial charge on any atom is -0.361 e. The number of rotatable bonds is 7. The van der Waals surface area contributed by atoms with E-state index in [0.717, 1.165) is 12.2 Å². The van der Waals surface area contributed by atoms with Crippen molar-refractivity contribution in [2.45, 2.75) is 32.6 Å². The van der Waals surface area contributed by atoms with E-state index in [0.29, 0.717) is 16.6 Å². The van der Waals surface area contributed by atoms with Crippen molar-refractivity contribution in [1.82, 2.24) is 15.5 Å². The molecule has 0 aromatic carbocycles. The van der Waals surface area contributed by atoms with E-state index in [-0.39, 0.29) is 11.8 Å². The summed E-state index contributed by atoms with van der Waals surface area (Å²) in [4.78, 5) is 4.28. The number of hydrogen-bond donors (Lipinski definition) is 2. The first-order valence-electron chi connectivity index (χ1n) is 6.51. The number of nitrogens with one attached hydrogen (secondary N) is 2. The van der Waals surface area contributed by atoms with Gasteiger partial charge in [0.15, 0.2) is 5.13 Å². The number of thiazole rings is 1. The van der Waals surface area contributed by atoms with Gasteiger partial charge in [0.05, 0.1) is 5.69 Å². The highest BCUT2D eigenvalue weighted by molar-refractivity contribution is 7.92. The Labute approximate surface area is 127 Å². The molecule has 0 aliphatic heterocycles. The lowest BCUT2D eigenvalue weighted by Crippen LogP contribution is -2.18. The van der Waals surface area contributed by atoms with Gasteiger partial charge in [0, 0.05) is 17.5 Å². The number of anilines is 1. The number of hydrogen-bond acceptors (Lipinski definition) is 7. The molecule has 2 N–H and O–H groups in total. The highest BCUT2D eigenvalue weighted by Crippen LogP contribution is 2.22. The Morgan fingerprint density at radius 2 is 2.24 bits per heavy atom. The first kappa shape index (κ1) is 15.9. The van der Waals surface area contributed by atoms with Crippen molar-refractivity contribution in [2.75, 3.05) is 11.3 Å². The first-order chi connectivity index (χ1) is 9.89. The third-order valence-electron chi connectivity index (χ3n) is 2.73. The second kappa shape index (κ2) is 6.54. The highest BCUT2D eigenvalue weighted by atomic mass is 32.2. The molecule has 0 saturated carbocycles. The van der Waals surface area contributed by atoms with Crippen LogP contribution in [0.1, 0.15) is 37.0 Å². The summed E-state index contributed by atoms with van der Waals surface area (Å²) in [5, 5.41) is 9.10. The standard InChI is InChI=1S/C12H18N4O3S2/c1-4-13-9(3)11-6-20-12(14-11)16-21(17,18)7-10-5-8(2)19-15-10/h5-6,9,13H,4,7H2,1-3H3,(H,14,16). The molecule has 7 nitrogen and oxygen atoms in total. The quantitative estimate of drug-likeness (QED) is 0.806. The van der Waals surface area contributed by atoms with Gasteiger partial charge in [-0.05, 0) is 20.4 Å². The predicted molar refractivity (Wildman–Crippen MR) is 81.7 cm³/mol. The van der Waals surface area contributed by atoms with Crippen LogP contribution >= 0.6 is 11.3 Å². The van der Waals surface area contributed by atoms with Gasteiger partial charge >= 0.3 is 0 Å². The monoisotopic (exact) mass is 330 g/mol. The maximum Gasteiger partial charge on any atom is 0.240 e. The molecule has 0 fully saturated rings. The Hall–Kier alpha value is -1.45. The molecule has 2 heterocycles. The van der Waals surface area contributed by atoms with Crippen LogP contribution in [0.4, 0.5) is 5.13 Å². The molecule has 2 aromatic rings. The molecule has 21 heavy (non-hydrogen) atoms. The van der Waals surface area contributed by atoms with Gasteiger partial charge in [-0.25, -0.2) is 13.4 Å². The molecule has 116 valence electrons. The Kier molecular flexibility index (Phi) is 4.96. The molecule has 2 aromatic heterocycles. The lowest BCUT2D eigenvalue weighted by molar-refractivity contribution is 0.392. The van der Waals surface area contributed by atoms with Crippen LogP contribution in [0.5, 0.6) is 0 Å². The largest absolute Gasteiger partial charge is 0.361 e. The normalized spacial score (nSPS) is 13.3. The maximum atomic E-state index is 12.0. The van der Waals surface area contributed by atoms with Crippen LogP contribution in [0.15, 0.2) is 16.0 Å². The van der Waals surface area contributed by atoms with Gasteiger partial charge in [0.2, 0.25) is 10.0 Å². The molecule has 1 unspecified atom stereocenters. The van der Waals surface area contributed by atoms with Crippen molar-refractivity contribution < 1.29 is 12.9 Å². The third-order valence-corrected chi connectivity index (χ3v) is 4.82. The molecule has 0 aliphatic rings. The van der Waals surface area contributed by atoms with E-state index in [1.165, 1.54) is 11.3 Å². The van der Waals surface area contributed by atoms with Crippen LogP contribution in [-0.4, -0.2) is 25.1 Å². The lowest BCUT2D eigenvalue weighted by atomic mass is 10.3. The molecule has 0 bridgehead atoms. The summed E-state index contributed by atoms with van der Waals surface area (Å²) in [6.07, 6.45) is 0. The Bertz CT molecular complexity index is 693. The fourth-order valence-electron chi connectivity index (χ4n) is 1.79. The minimum absolute atomic E-state index is 0.0858. The van der Waals surface area contributed by atoms with Crippen LogP contribution in [-0.2, 0) is 15.8 Å². The smallest absolute Gasteiger partial charge is 0.240 e. The number of aromatic nitrogens is 2. The van der Waals surface area contributed by atoms with Gasteiger partial charge in [-0.15, -0.1) is 11.3 Å². The first-order valence-corrected chi connectivity index (χ1v) is 9.04. The fraction of sp³-hybridized carbons (Fsp3) is 0.500. The fourth-order valence-corrected chi connectivity index (χ4v) is 3.92. The number of sulfonamides is 1. The number of aryl methyl sites for hydroxylation is 1. The molecular weight excluding hydrogens is 312 g/mol. The summed E-state index contributed by atoms with van der Waals surface area (Å²) >= 11 is 1.26. The van der Waals surface area contributed by atoms with Crippen LogP contribution in [0.3, 0.4) is 0 Å². The van der Waals surface area contributed by atoms with Crippen molar-refractivity contribution in [3.63, 3.8) is 0 Å². The van der Waals surface area contributed by atoms with E-state index in [9.17, 15) is 8.42 Å². The van der Waals surface area contributed by atoms with Gasteiger partial charge in [-0.1, -0.05) is 12.1 Å². The summed E-state index contributed by atoms with van der Waals surface area (Å²) < 4.78 is 31.4. The van der Waals surface area contributed by atoms with Crippen LogP contribution in [0.25, 0.3) is 0 Å². The molecule has 1 atom stereocenters. The van der Waals surface area contributed by atoms with Crippen LogP contribution < -0.4 is 10.0 Å². The van der Waals surface area contributed by atoms with E-state index < -0.39 is 10.0 Å². The van der Waals surface area contributed by atoms with Gasteiger partial charge in [-0.2, -0.15) is 0 Å². The third kappa shape index (κ3) is 4.51. The van der Waals surface area contributed by atoms with E-state index in [2.05, 4.69) is 20.2 Å². The Morgan fingerprint density at radius 1 is 1.48 bits per heavy atom. The topological polar surface area (TPSA) is 97.1 Å². The summed E-state index contributed by atoms with van der Waals surface area (Å²) in [6, 6.07) is 1.68. The molecule has 0 saturated heterocycles. The molecule has 9 heteroatoms. The second-order valence-electron chi connectivity index (χ2n) is 4.65. The average molecular weight is 330 g/mol. The SMILES string of the molecule is CCNC(C)c1csc(NS(=O)(=O)Cc2cc(C)on2)n1. The zero-order valence-electron chi connectivity index (χ0n) is 12.1. The lowest BCUT2D eigenvalue weighted by Gasteiger charge is -2.08. The van der Waals surface area contributed by atoms with Crippen LogP contribution in [0.2, 0.25) is 0 Å². The molecule has 0 aliphatic carbocycles. The Balaban J connectivity index is 2.03. The van der Waals surface area contributed by atoms with Crippen molar-refractivity contribution in [3.8, 4) is 0 Å². The average Bonchev–Trinajstić information content (AvgIpc) is 2.98. The van der Waals surface area contributed by atoms with Gasteiger partial charge in [-0.3, -0.25) is 4.72 Å². The van der Waals surface area contributed by atoms with E-state index in [1.54, 1.807) is 13.0 Å². The van der Waals surface area contributed by atoms with Crippen molar-refractivity contribution >= 4 is 26.5 Å². The molecular formula is C12H18N4O3S2. The minimum atomic E-state index is -3.54. The van der Waals surface area contributed by atoms with Gasteiger partial charge < -0.3 is 9.84 Å². The second-order valence-corrected chi connectivity index (χ2v) is 7.23. The summed E-state index contributed by atoms with van der Waals surface area (Å²) in [5.41, 5.74) is 1.19. The molecule has 0 radical (unpaired) electrons. The number of nitrogens with zero attached hydrogens (tertiary/aromatic N) is 2. The van der Waals surface area contributed by atoms with E-state index in [1.807, 2.05) is 19.2 Å². The summed E-state index contributed by atoms with van der Waals surface area (Å²) in [6.45, 7) is 6.53. The van der Waals surface area contributed by atoms with Gasteiger partial charge in [0.1, 0.15) is 17.2 Å².